The molecular formula is C11H12N4S. The van der Waals surface area contributed by atoms with E-state index in [-0.39, 0.29) is 6.17 Å². The minimum Gasteiger partial charge on any atom is -0.326 e. The monoisotopic (exact) mass is 232 g/mol. The van der Waals surface area contributed by atoms with Crippen LogP contribution in [-0.4, -0.2) is 33.3 Å². The van der Waals surface area contributed by atoms with E-state index < -0.39 is 0 Å². The summed E-state index contributed by atoms with van der Waals surface area (Å²) in [4.78, 5) is 6.29. The fourth-order valence-electron chi connectivity index (χ4n) is 1.94. The number of aromatic nitrogens is 1. The van der Waals surface area contributed by atoms with Crippen LogP contribution < -0.4 is 5.43 Å². The Bertz CT molecular complexity index is 427. The van der Waals surface area contributed by atoms with Gasteiger partial charge in [-0.2, -0.15) is 5.10 Å². The first-order valence-electron chi connectivity index (χ1n) is 5.37. The Morgan fingerprint density at radius 3 is 2.75 bits per heavy atom. The molecule has 0 aromatic carbocycles. The van der Waals surface area contributed by atoms with Crippen molar-refractivity contribution in [2.24, 2.45) is 5.10 Å². The van der Waals surface area contributed by atoms with Gasteiger partial charge in [0.2, 0.25) is 0 Å². The third-order valence-corrected chi connectivity index (χ3v) is 3.11. The molecule has 1 atom stereocenters. The molecule has 1 aliphatic carbocycles. The standard InChI is InChI=1S/C11H12N4S/c16-7-10-13-14-11(15(10)9-1-2-9)8-3-5-12-6-4-8/h3-7,9-10,13H,1-2H2. The van der Waals surface area contributed by atoms with Gasteiger partial charge in [-0.25, -0.2) is 0 Å². The fraction of sp³-hybridized carbons (Fsp3) is 0.364. The van der Waals surface area contributed by atoms with Crippen LogP contribution in [0.2, 0.25) is 0 Å². The van der Waals surface area contributed by atoms with Crippen LogP contribution in [0.3, 0.4) is 0 Å². The maximum Gasteiger partial charge on any atom is 0.158 e. The molecule has 0 bridgehead atoms. The zero-order valence-electron chi connectivity index (χ0n) is 8.71. The van der Waals surface area contributed by atoms with Crippen molar-refractivity contribution in [3.8, 4) is 0 Å². The lowest BCUT2D eigenvalue weighted by Gasteiger charge is -2.24. The zero-order valence-corrected chi connectivity index (χ0v) is 9.52. The first kappa shape index (κ1) is 9.72. The average Bonchev–Trinajstić information content (AvgIpc) is 3.09. The fourth-order valence-corrected chi connectivity index (χ4v) is 2.13. The van der Waals surface area contributed by atoms with Gasteiger partial charge in [0, 0.05) is 29.4 Å². The first-order chi connectivity index (χ1) is 7.90. The van der Waals surface area contributed by atoms with Crippen molar-refractivity contribution in [1.29, 1.82) is 0 Å². The maximum atomic E-state index is 5.02. The van der Waals surface area contributed by atoms with E-state index in [1.165, 1.54) is 12.8 Å². The van der Waals surface area contributed by atoms with Crippen molar-refractivity contribution in [2.45, 2.75) is 25.0 Å². The molecule has 0 spiro atoms. The van der Waals surface area contributed by atoms with Gasteiger partial charge in [0.15, 0.2) is 5.84 Å². The van der Waals surface area contributed by atoms with Crippen LogP contribution in [0.4, 0.5) is 0 Å². The Morgan fingerprint density at radius 2 is 2.12 bits per heavy atom. The van der Waals surface area contributed by atoms with Gasteiger partial charge in [-0.1, -0.05) is 12.2 Å². The largest absolute Gasteiger partial charge is 0.326 e. The number of thiocarbonyl (C=S) groups is 1. The summed E-state index contributed by atoms with van der Waals surface area (Å²) in [5.41, 5.74) is 4.15. The molecule has 1 aliphatic heterocycles. The van der Waals surface area contributed by atoms with Gasteiger partial charge in [-0.15, -0.1) is 0 Å². The summed E-state index contributed by atoms with van der Waals surface area (Å²) in [7, 11) is 0. The van der Waals surface area contributed by atoms with Gasteiger partial charge in [0.25, 0.3) is 0 Å². The van der Waals surface area contributed by atoms with Crippen molar-refractivity contribution in [3.63, 3.8) is 0 Å². The van der Waals surface area contributed by atoms with E-state index in [9.17, 15) is 0 Å². The number of nitrogens with one attached hydrogen (secondary N) is 1. The SMILES string of the molecule is S=CC1NN=C(c2ccncc2)N1C1CC1. The van der Waals surface area contributed by atoms with Gasteiger partial charge in [0.1, 0.15) is 6.17 Å². The predicted molar refractivity (Wildman–Crippen MR) is 66.2 cm³/mol. The molecule has 2 heterocycles. The number of hydrogen-bond acceptors (Lipinski definition) is 5. The van der Waals surface area contributed by atoms with Crippen LogP contribution in [0, 0.1) is 0 Å². The van der Waals surface area contributed by atoms with Gasteiger partial charge >= 0.3 is 0 Å². The number of pyridine rings is 1. The Hall–Kier alpha value is -1.49. The maximum absolute atomic E-state index is 5.02. The molecule has 1 fully saturated rings. The number of nitrogens with zero attached hydrogens (tertiary/aromatic N) is 3. The lowest BCUT2D eigenvalue weighted by atomic mass is 10.2. The van der Waals surface area contributed by atoms with Crippen LogP contribution in [0.5, 0.6) is 0 Å². The number of rotatable bonds is 3. The molecular weight excluding hydrogens is 220 g/mol. The molecule has 0 amide bonds. The van der Waals surface area contributed by atoms with Gasteiger partial charge in [-0.3, -0.25) is 10.4 Å². The number of hydrogen-bond donors (Lipinski definition) is 1. The minimum atomic E-state index is 0.0608. The quantitative estimate of drug-likeness (QED) is 0.793. The lowest BCUT2D eigenvalue weighted by Crippen LogP contribution is -2.42. The van der Waals surface area contributed by atoms with Crippen LogP contribution in [-0.2, 0) is 0 Å². The molecule has 1 N–H and O–H groups in total. The van der Waals surface area contributed by atoms with E-state index in [0.717, 1.165) is 11.4 Å². The second-order valence-corrected chi connectivity index (χ2v) is 4.29. The summed E-state index contributed by atoms with van der Waals surface area (Å²) in [6, 6.07) is 4.54. The highest BCUT2D eigenvalue weighted by Crippen LogP contribution is 2.31. The van der Waals surface area contributed by atoms with E-state index in [1.54, 1.807) is 17.8 Å². The first-order valence-corrected chi connectivity index (χ1v) is 5.84. The molecule has 3 rings (SSSR count). The molecule has 16 heavy (non-hydrogen) atoms. The number of amidine groups is 1. The van der Waals surface area contributed by atoms with E-state index in [2.05, 4.69) is 20.4 Å². The topological polar surface area (TPSA) is 40.5 Å². The van der Waals surface area contributed by atoms with E-state index >= 15 is 0 Å². The molecule has 0 radical (unpaired) electrons. The average molecular weight is 232 g/mol. The highest BCUT2D eigenvalue weighted by molar-refractivity contribution is 7.79. The van der Waals surface area contributed by atoms with Crippen LogP contribution in [0.25, 0.3) is 0 Å². The smallest absolute Gasteiger partial charge is 0.158 e. The van der Waals surface area contributed by atoms with E-state index in [1.807, 2.05) is 12.1 Å². The Morgan fingerprint density at radius 1 is 1.38 bits per heavy atom. The highest BCUT2D eigenvalue weighted by atomic mass is 32.1. The summed E-state index contributed by atoms with van der Waals surface area (Å²) in [5.74, 6) is 0.982. The molecule has 1 saturated carbocycles. The van der Waals surface area contributed by atoms with Crippen LogP contribution >= 0.6 is 12.2 Å². The van der Waals surface area contributed by atoms with Crippen LogP contribution in [0.15, 0.2) is 29.6 Å². The summed E-state index contributed by atoms with van der Waals surface area (Å²) < 4.78 is 0. The second-order valence-electron chi connectivity index (χ2n) is 4.02. The normalized spacial score (nSPS) is 23.9. The molecule has 2 aliphatic rings. The molecule has 1 aromatic rings. The Balaban J connectivity index is 1.92. The summed E-state index contributed by atoms with van der Waals surface area (Å²) in [6.07, 6.45) is 6.09. The molecule has 5 heteroatoms. The minimum absolute atomic E-state index is 0.0608. The third-order valence-electron chi connectivity index (χ3n) is 2.85. The van der Waals surface area contributed by atoms with Gasteiger partial charge < -0.3 is 4.90 Å². The molecule has 1 aromatic heterocycles. The highest BCUT2D eigenvalue weighted by Gasteiger charge is 2.38. The lowest BCUT2D eigenvalue weighted by molar-refractivity contribution is 0.369. The third kappa shape index (κ3) is 1.57. The summed E-state index contributed by atoms with van der Waals surface area (Å²) in [6.45, 7) is 0. The van der Waals surface area contributed by atoms with Crippen molar-refractivity contribution in [3.05, 3.63) is 30.1 Å². The van der Waals surface area contributed by atoms with Crippen molar-refractivity contribution in [1.82, 2.24) is 15.3 Å². The zero-order chi connectivity index (χ0) is 11.0. The molecule has 0 saturated heterocycles. The second kappa shape index (κ2) is 3.83. The Labute approximate surface area is 99.4 Å². The number of hydrazone groups is 1. The van der Waals surface area contributed by atoms with Crippen molar-refractivity contribution in [2.75, 3.05) is 0 Å². The summed E-state index contributed by atoms with van der Waals surface area (Å²) in [5, 5.41) is 6.10. The van der Waals surface area contributed by atoms with Crippen molar-refractivity contribution < 1.29 is 0 Å². The Kier molecular flexibility index (Phi) is 2.32. The van der Waals surface area contributed by atoms with E-state index in [4.69, 9.17) is 12.2 Å². The van der Waals surface area contributed by atoms with E-state index in [0.29, 0.717) is 6.04 Å². The predicted octanol–water partition coefficient (Wildman–Crippen LogP) is 1.14. The molecule has 1 unspecified atom stereocenters. The molecule has 4 nitrogen and oxygen atoms in total. The van der Waals surface area contributed by atoms with Crippen LogP contribution in [0.1, 0.15) is 18.4 Å². The van der Waals surface area contributed by atoms with Gasteiger partial charge in [-0.05, 0) is 25.0 Å². The van der Waals surface area contributed by atoms with Crippen molar-refractivity contribution >= 4 is 23.4 Å². The summed E-state index contributed by atoms with van der Waals surface area (Å²) >= 11 is 5.02. The van der Waals surface area contributed by atoms with Gasteiger partial charge in [0.05, 0.1) is 0 Å². The molecule has 82 valence electrons.